The molecule has 0 N–H and O–H groups in total. The summed E-state index contributed by atoms with van der Waals surface area (Å²) in [5, 5.41) is 6.24. The highest BCUT2D eigenvalue weighted by Gasteiger charge is 2.21. The molecule has 6 heterocycles. The molecule has 0 aliphatic rings. The number of hydrogen-bond donors (Lipinski definition) is 0. The molecule has 0 radical (unpaired) electrons. The molecule has 0 spiro atoms. The molecule has 0 fully saturated rings. The minimum Gasteiger partial charge on any atom is -0.454 e. The van der Waals surface area contributed by atoms with Crippen LogP contribution in [0.3, 0.4) is 0 Å². The summed E-state index contributed by atoms with van der Waals surface area (Å²) in [5.41, 5.74) is 13.3. The van der Waals surface area contributed by atoms with Crippen molar-refractivity contribution in [3.05, 3.63) is 201 Å². The van der Waals surface area contributed by atoms with E-state index in [0.717, 1.165) is 110 Å². The predicted molar refractivity (Wildman–Crippen MR) is 257 cm³/mol. The number of fused-ring (bicyclic) bond motifs is 10. The Hall–Kier alpha value is -8.88. The van der Waals surface area contributed by atoms with Gasteiger partial charge in [0, 0.05) is 79.5 Å². The molecule has 0 bridgehead atoms. The summed E-state index contributed by atoms with van der Waals surface area (Å²) in [6, 6.07) is 60.8. The van der Waals surface area contributed by atoms with Crippen molar-refractivity contribution >= 4 is 65.6 Å². The Morgan fingerprint density at radius 3 is 1.83 bits per heavy atom. The minimum absolute atomic E-state index is 0.573. The molecule has 298 valence electrons. The number of para-hydroxylation sites is 1. The number of benzene rings is 7. The maximum atomic E-state index is 6.66. The van der Waals surface area contributed by atoms with Crippen molar-refractivity contribution in [1.82, 2.24) is 34.5 Å². The lowest BCUT2D eigenvalue weighted by atomic mass is 9.92. The maximum absolute atomic E-state index is 6.66. The summed E-state index contributed by atoms with van der Waals surface area (Å²) >= 11 is 0. The van der Waals surface area contributed by atoms with E-state index in [0.29, 0.717) is 17.5 Å². The quantitative estimate of drug-likeness (QED) is 0.154. The van der Waals surface area contributed by atoms with Gasteiger partial charge in [-0.05, 0) is 95.1 Å². The van der Waals surface area contributed by atoms with Gasteiger partial charge < -0.3 is 8.98 Å². The molecule has 0 aliphatic heterocycles. The van der Waals surface area contributed by atoms with Gasteiger partial charge in [-0.1, -0.05) is 103 Å². The zero-order chi connectivity index (χ0) is 42.1. The molecule has 6 aromatic heterocycles. The number of aromatic nitrogens is 7. The van der Waals surface area contributed by atoms with Crippen LogP contribution in [0, 0.1) is 0 Å². The lowest BCUT2D eigenvalue weighted by Gasteiger charge is -2.15. The Morgan fingerprint density at radius 2 is 1.06 bits per heavy atom. The summed E-state index contributed by atoms with van der Waals surface area (Å²) in [4.78, 5) is 29.4. The summed E-state index contributed by atoms with van der Waals surface area (Å²) in [5.74, 6) is 1.78. The number of pyridine rings is 3. The van der Waals surface area contributed by atoms with Crippen molar-refractivity contribution in [1.29, 1.82) is 0 Å². The van der Waals surface area contributed by atoms with Gasteiger partial charge in [-0.15, -0.1) is 0 Å². The van der Waals surface area contributed by atoms with Crippen molar-refractivity contribution in [3.63, 3.8) is 0 Å². The monoisotopic (exact) mass is 819 g/mol. The molecule has 13 rings (SSSR count). The Labute approximate surface area is 365 Å². The smallest absolute Gasteiger partial charge is 0.164 e. The third-order valence-electron chi connectivity index (χ3n) is 12.2. The van der Waals surface area contributed by atoms with Gasteiger partial charge in [-0.3, -0.25) is 15.0 Å². The molecule has 7 aromatic carbocycles. The Morgan fingerprint density at radius 1 is 0.406 bits per heavy atom. The van der Waals surface area contributed by atoms with E-state index in [2.05, 4.69) is 101 Å². The van der Waals surface area contributed by atoms with Crippen LogP contribution >= 0.6 is 0 Å². The zero-order valence-corrected chi connectivity index (χ0v) is 34.1. The highest BCUT2D eigenvalue weighted by atomic mass is 16.3. The van der Waals surface area contributed by atoms with E-state index in [9.17, 15) is 0 Å². The van der Waals surface area contributed by atoms with Gasteiger partial charge in [0.1, 0.15) is 5.58 Å². The van der Waals surface area contributed by atoms with E-state index in [1.165, 1.54) is 0 Å². The third-order valence-corrected chi connectivity index (χ3v) is 12.2. The molecule has 0 saturated carbocycles. The van der Waals surface area contributed by atoms with Crippen LogP contribution in [0.15, 0.2) is 205 Å². The van der Waals surface area contributed by atoms with E-state index in [1.54, 1.807) is 6.20 Å². The SMILES string of the molecule is c1ccc(-c2nc(-c3ccccc3)nc(-c3cc(-c4ccc5c(c4)c4ccc6c7cnccc7oc6c4n5-c4ccccc4)cc(-c4cc5cccnc5c5ncccc45)c3)n2)cc1. The standard InChI is InChI=1S/C56H33N7O/c1-4-12-34(13-5-1)54-60-55(35-14-6-2-7-15-35)62-56(61-54)40-29-38(28-39(30-40)45-32-37-16-10-25-58-50(37)51-42(45)19-11-26-59-51)36-20-23-48-46(31-36)43-21-22-44-47-33-57-27-24-49(47)64-53(44)52(43)63(48)41-17-8-3-9-18-41/h1-33H. The van der Waals surface area contributed by atoms with E-state index in [1.807, 2.05) is 104 Å². The number of hydrogen-bond acceptors (Lipinski definition) is 7. The van der Waals surface area contributed by atoms with Crippen LogP contribution in [0.2, 0.25) is 0 Å². The number of nitrogens with zero attached hydrogens (tertiary/aromatic N) is 7. The van der Waals surface area contributed by atoms with E-state index >= 15 is 0 Å². The lowest BCUT2D eigenvalue weighted by molar-refractivity contribution is 0.670. The van der Waals surface area contributed by atoms with Crippen LogP contribution in [0.1, 0.15) is 0 Å². The predicted octanol–water partition coefficient (Wildman–Crippen LogP) is 13.7. The first-order valence-corrected chi connectivity index (χ1v) is 21.2. The van der Waals surface area contributed by atoms with Gasteiger partial charge in [0.25, 0.3) is 0 Å². The van der Waals surface area contributed by atoms with E-state index in [-0.39, 0.29) is 0 Å². The molecule has 0 unspecified atom stereocenters. The van der Waals surface area contributed by atoms with Gasteiger partial charge in [0.15, 0.2) is 23.1 Å². The molecular formula is C56H33N7O. The molecule has 0 aliphatic carbocycles. The molecule has 8 nitrogen and oxygen atoms in total. The van der Waals surface area contributed by atoms with E-state index in [4.69, 9.17) is 29.3 Å². The fourth-order valence-corrected chi connectivity index (χ4v) is 9.23. The maximum Gasteiger partial charge on any atom is 0.164 e. The lowest BCUT2D eigenvalue weighted by Crippen LogP contribution is -2.00. The van der Waals surface area contributed by atoms with Crippen LogP contribution in [0.5, 0.6) is 0 Å². The topological polar surface area (TPSA) is 95.4 Å². The second kappa shape index (κ2) is 14.4. The number of furan rings is 1. The molecule has 13 aromatic rings. The molecule has 0 atom stereocenters. The minimum atomic E-state index is 0.573. The summed E-state index contributed by atoms with van der Waals surface area (Å²) in [7, 11) is 0. The summed E-state index contributed by atoms with van der Waals surface area (Å²) < 4.78 is 8.98. The molecular weight excluding hydrogens is 787 g/mol. The number of rotatable bonds is 6. The van der Waals surface area contributed by atoms with Crippen molar-refractivity contribution < 1.29 is 4.42 Å². The van der Waals surface area contributed by atoms with Gasteiger partial charge in [0.05, 0.1) is 22.1 Å². The van der Waals surface area contributed by atoms with E-state index < -0.39 is 0 Å². The van der Waals surface area contributed by atoms with Crippen LogP contribution in [-0.2, 0) is 0 Å². The van der Waals surface area contributed by atoms with Crippen LogP contribution in [0.25, 0.3) is 128 Å². The normalized spacial score (nSPS) is 11.8. The van der Waals surface area contributed by atoms with Crippen LogP contribution in [-0.4, -0.2) is 34.5 Å². The second-order valence-corrected chi connectivity index (χ2v) is 16.0. The Kier molecular flexibility index (Phi) is 8.04. The van der Waals surface area contributed by atoms with Gasteiger partial charge >= 0.3 is 0 Å². The van der Waals surface area contributed by atoms with Crippen molar-refractivity contribution in [2.45, 2.75) is 0 Å². The highest BCUT2D eigenvalue weighted by molar-refractivity contribution is 6.22. The van der Waals surface area contributed by atoms with Gasteiger partial charge in [-0.25, -0.2) is 15.0 Å². The second-order valence-electron chi connectivity index (χ2n) is 16.0. The largest absolute Gasteiger partial charge is 0.454 e. The van der Waals surface area contributed by atoms with Crippen molar-refractivity contribution in [3.8, 4) is 62.1 Å². The first-order chi connectivity index (χ1) is 31.7. The Bertz CT molecular complexity index is 3900. The first-order valence-electron chi connectivity index (χ1n) is 21.2. The third kappa shape index (κ3) is 5.77. The zero-order valence-electron chi connectivity index (χ0n) is 34.1. The summed E-state index contributed by atoms with van der Waals surface area (Å²) in [6.07, 6.45) is 7.32. The van der Waals surface area contributed by atoms with Crippen molar-refractivity contribution in [2.24, 2.45) is 0 Å². The molecule has 64 heavy (non-hydrogen) atoms. The average Bonchev–Trinajstić information content (AvgIpc) is 3.92. The average molecular weight is 820 g/mol. The molecule has 8 heteroatoms. The van der Waals surface area contributed by atoms with Gasteiger partial charge in [-0.2, -0.15) is 0 Å². The molecule has 0 amide bonds. The molecule has 0 saturated heterocycles. The fourth-order valence-electron chi connectivity index (χ4n) is 9.23. The van der Waals surface area contributed by atoms with Crippen LogP contribution < -0.4 is 0 Å². The summed E-state index contributed by atoms with van der Waals surface area (Å²) in [6.45, 7) is 0. The van der Waals surface area contributed by atoms with Gasteiger partial charge in [0.2, 0.25) is 0 Å². The Balaban J connectivity index is 1.09. The fraction of sp³-hybridized carbons (Fsp3) is 0. The van der Waals surface area contributed by atoms with Crippen molar-refractivity contribution in [2.75, 3.05) is 0 Å². The van der Waals surface area contributed by atoms with Crippen LogP contribution in [0.4, 0.5) is 0 Å². The highest BCUT2D eigenvalue weighted by Crippen LogP contribution is 2.43. The first kappa shape index (κ1) is 35.8.